The molecule has 0 bridgehead atoms. The molecule has 0 spiro atoms. The van der Waals surface area contributed by atoms with Gasteiger partial charge in [0.05, 0.1) is 0 Å². The zero-order valence-electron chi connectivity index (χ0n) is 7.60. The van der Waals surface area contributed by atoms with E-state index in [1.807, 2.05) is 0 Å². The summed E-state index contributed by atoms with van der Waals surface area (Å²) in [5, 5.41) is 0. The van der Waals surface area contributed by atoms with E-state index in [9.17, 15) is 4.79 Å². The average molecular weight is 292 g/mol. The second-order valence-corrected chi connectivity index (χ2v) is 4.36. The second-order valence-electron chi connectivity index (χ2n) is 2.25. The van der Waals surface area contributed by atoms with E-state index < -0.39 is 0 Å². The van der Waals surface area contributed by atoms with E-state index >= 15 is 0 Å². The van der Waals surface area contributed by atoms with Crippen LogP contribution in [0.3, 0.4) is 0 Å². The summed E-state index contributed by atoms with van der Waals surface area (Å²) in [5.41, 5.74) is 0. The number of carbonyl (C=O) groups is 1. The van der Waals surface area contributed by atoms with E-state index in [1.54, 1.807) is 0 Å². The number of hydrogen-bond donors (Lipinski definition) is 0. The van der Waals surface area contributed by atoms with Crippen LogP contribution in [0.25, 0.3) is 0 Å². The first kappa shape index (κ1) is 20.0. The SMILES string of the molecule is COC(=O)[CH2][Ti+3][C]1=CC=CC1.[Cl-].[Cl-].[Cl-]. The summed E-state index contributed by atoms with van der Waals surface area (Å²) in [6.45, 7) is 0. The van der Waals surface area contributed by atoms with Gasteiger partial charge in [-0.05, 0) is 0 Å². The van der Waals surface area contributed by atoms with Crippen molar-refractivity contribution in [3.05, 3.63) is 22.1 Å². The van der Waals surface area contributed by atoms with Crippen LogP contribution in [0.5, 0.6) is 0 Å². The fraction of sp³-hybridized carbons (Fsp3) is 0.375. The molecule has 1 rings (SSSR count). The molecule has 0 saturated carbocycles. The summed E-state index contributed by atoms with van der Waals surface area (Å²) < 4.78 is 6.62. The molecule has 1 aliphatic rings. The van der Waals surface area contributed by atoms with E-state index in [0.29, 0.717) is 4.73 Å². The van der Waals surface area contributed by atoms with Gasteiger partial charge in [0.25, 0.3) is 0 Å². The van der Waals surface area contributed by atoms with Crippen molar-refractivity contribution in [1.29, 1.82) is 0 Å². The maximum atomic E-state index is 10.7. The molecule has 0 aromatic carbocycles. The molecule has 0 radical (unpaired) electrons. The molecule has 0 unspecified atom stereocenters. The van der Waals surface area contributed by atoms with Gasteiger partial charge in [-0.1, -0.05) is 0 Å². The number of hydrogen-bond acceptors (Lipinski definition) is 2. The number of methoxy groups -OCH3 is 1. The normalized spacial score (nSPS) is 11.1. The first-order valence-electron chi connectivity index (χ1n) is 3.49. The average Bonchev–Trinajstić information content (AvgIpc) is 2.52. The molecular formula is C8H10Cl3O2Ti. The Morgan fingerprint density at radius 3 is 2.57 bits per heavy atom. The summed E-state index contributed by atoms with van der Waals surface area (Å²) in [4.78, 5) is 10.7. The van der Waals surface area contributed by atoms with E-state index in [0.717, 1.165) is 6.42 Å². The number of rotatable bonds is 3. The van der Waals surface area contributed by atoms with Crippen molar-refractivity contribution in [2.24, 2.45) is 0 Å². The van der Waals surface area contributed by atoms with Crippen molar-refractivity contribution < 1.29 is 65.9 Å². The predicted octanol–water partition coefficient (Wildman–Crippen LogP) is -7.48. The van der Waals surface area contributed by atoms with Gasteiger partial charge in [0.1, 0.15) is 0 Å². The quantitative estimate of drug-likeness (QED) is 0.382. The third kappa shape index (κ3) is 7.89. The van der Waals surface area contributed by atoms with Gasteiger partial charge in [0.15, 0.2) is 0 Å². The van der Waals surface area contributed by atoms with E-state index in [2.05, 4.69) is 23.0 Å². The van der Waals surface area contributed by atoms with Crippen LogP contribution in [0.2, 0.25) is 4.73 Å². The van der Waals surface area contributed by atoms with E-state index in [4.69, 9.17) is 0 Å². The molecule has 0 saturated heterocycles. The standard InChI is InChI=1S/C5H5.C3H5O2.3ClH.Ti/c1-2-4-5-3-1;1-3(4)5-2;;;;/h1-3H,4H2;1H2,2H3;3*1H;/q;;;;;+3/p-3. The van der Waals surface area contributed by atoms with Crippen LogP contribution < -0.4 is 37.2 Å². The molecule has 6 heteroatoms. The predicted molar refractivity (Wildman–Crippen MR) is 38.7 cm³/mol. The van der Waals surface area contributed by atoms with Crippen molar-refractivity contribution in [3.8, 4) is 0 Å². The molecule has 2 nitrogen and oxygen atoms in total. The number of carbonyl (C=O) groups excluding carboxylic acids is 1. The van der Waals surface area contributed by atoms with Crippen LogP contribution in [0.4, 0.5) is 0 Å². The third-order valence-corrected chi connectivity index (χ3v) is 3.47. The molecule has 1 aliphatic carbocycles. The number of halogens is 3. The largest absolute Gasteiger partial charge is 1.00 e. The van der Waals surface area contributed by atoms with Gasteiger partial charge in [-0.2, -0.15) is 0 Å². The maximum Gasteiger partial charge on any atom is -1.00 e. The number of allylic oxidation sites excluding steroid dienone is 4. The molecule has 0 aromatic heterocycles. The first-order chi connectivity index (χ1) is 5.33. The Balaban J connectivity index is -0.000000403. The van der Waals surface area contributed by atoms with Gasteiger partial charge < -0.3 is 37.2 Å². The fourth-order valence-corrected chi connectivity index (χ4v) is 2.39. The van der Waals surface area contributed by atoms with Gasteiger partial charge in [-0.15, -0.1) is 0 Å². The van der Waals surface area contributed by atoms with Crippen LogP contribution in [0.1, 0.15) is 6.42 Å². The van der Waals surface area contributed by atoms with Crippen LogP contribution in [-0.2, 0) is 28.7 Å². The molecule has 0 amide bonds. The molecule has 0 heterocycles. The fourth-order valence-electron chi connectivity index (χ4n) is 0.836. The summed E-state index contributed by atoms with van der Waals surface area (Å²) in [5.74, 6) is -0.0715. The molecule has 0 atom stereocenters. The molecule has 79 valence electrons. The molecule has 0 N–H and O–H groups in total. The van der Waals surface area contributed by atoms with Crippen LogP contribution in [0.15, 0.2) is 22.1 Å². The molecule has 0 aliphatic heterocycles. The number of ether oxygens (including phenoxy) is 1. The summed E-state index contributed by atoms with van der Waals surface area (Å²) in [6.07, 6.45) is 7.34. The Labute approximate surface area is 112 Å². The number of esters is 1. The minimum absolute atomic E-state index is 0. The van der Waals surface area contributed by atoms with Gasteiger partial charge >= 0.3 is 75.0 Å². The molecule has 0 fully saturated rings. The minimum Gasteiger partial charge on any atom is -1.00 e. The maximum absolute atomic E-state index is 10.7. The Bertz CT molecular complexity index is 217. The summed E-state index contributed by atoms with van der Waals surface area (Å²) in [7, 11) is 1.44. The van der Waals surface area contributed by atoms with Crippen molar-refractivity contribution in [3.63, 3.8) is 0 Å². The summed E-state index contributed by atoms with van der Waals surface area (Å²) in [6, 6.07) is 0. The van der Waals surface area contributed by atoms with E-state index in [1.165, 1.54) is 11.0 Å². The van der Waals surface area contributed by atoms with Crippen LogP contribution >= 0.6 is 0 Å². The molecule has 0 aromatic rings. The molecule has 14 heavy (non-hydrogen) atoms. The Hall–Kier alpha value is 0.534. The van der Waals surface area contributed by atoms with Crippen molar-refractivity contribution in [1.82, 2.24) is 0 Å². The summed E-state index contributed by atoms with van der Waals surface area (Å²) >= 11 is -0.229. The Morgan fingerprint density at radius 1 is 1.50 bits per heavy atom. The Kier molecular flexibility index (Phi) is 16.6. The topological polar surface area (TPSA) is 26.3 Å². The molecular weight excluding hydrogens is 282 g/mol. The van der Waals surface area contributed by atoms with Gasteiger partial charge in [-0.3, -0.25) is 0 Å². The van der Waals surface area contributed by atoms with Gasteiger partial charge in [0.2, 0.25) is 0 Å². The monoisotopic (exact) mass is 291 g/mol. The third-order valence-electron chi connectivity index (χ3n) is 1.46. The smallest absolute Gasteiger partial charge is 1.00 e. The minimum atomic E-state index is -0.229. The first-order valence-corrected chi connectivity index (χ1v) is 5.38. The van der Waals surface area contributed by atoms with Crippen molar-refractivity contribution >= 4 is 5.97 Å². The van der Waals surface area contributed by atoms with Crippen molar-refractivity contribution in [2.45, 2.75) is 11.1 Å². The van der Waals surface area contributed by atoms with Gasteiger partial charge in [-0.25, -0.2) is 0 Å². The zero-order valence-corrected chi connectivity index (χ0v) is 11.4. The Morgan fingerprint density at radius 2 is 2.14 bits per heavy atom. The zero-order chi connectivity index (χ0) is 8.10. The second kappa shape index (κ2) is 11.6. The van der Waals surface area contributed by atoms with Crippen LogP contribution in [-0.4, -0.2) is 13.1 Å². The van der Waals surface area contributed by atoms with Crippen LogP contribution in [0, 0.1) is 0 Å². The van der Waals surface area contributed by atoms with E-state index in [-0.39, 0.29) is 62.3 Å². The van der Waals surface area contributed by atoms with Crippen molar-refractivity contribution in [2.75, 3.05) is 7.11 Å². The van der Waals surface area contributed by atoms with Gasteiger partial charge in [0, 0.05) is 0 Å².